The minimum atomic E-state index is -4.63. The van der Waals surface area contributed by atoms with Gasteiger partial charge in [0.25, 0.3) is 0 Å². The van der Waals surface area contributed by atoms with Crippen LogP contribution in [0, 0.1) is 0 Å². The Bertz CT molecular complexity index is 1180. The number of carbonyl (C=O) groups excluding carboxylic acids is 2. The summed E-state index contributed by atoms with van der Waals surface area (Å²) in [6.45, 7) is 2.20. The predicted octanol–water partition coefficient (Wildman–Crippen LogP) is 11.7. The molecule has 0 heterocycles. The van der Waals surface area contributed by atoms with Gasteiger partial charge in [-0.15, -0.1) is 0 Å². The van der Waals surface area contributed by atoms with Crippen molar-refractivity contribution in [1.29, 1.82) is 0 Å². The van der Waals surface area contributed by atoms with Crippen molar-refractivity contribution in [3.63, 3.8) is 0 Å². The number of hydrogen-bond acceptors (Lipinski definition) is 9. The first-order chi connectivity index (χ1) is 27.7. The molecule has 11 heteroatoms. The molecule has 0 saturated heterocycles. The highest BCUT2D eigenvalue weighted by Crippen LogP contribution is 2.43. The number of aliphatic hydroxyl groups is 2. The zero-order valence-corrected chi connectivity index (χ0v) is 36.4. The summed E-state index contributed by atoms with van der Waals surface area (Å²) in [6, 6.07) is 0. The molecule has 0 spiro atoms. The lowest BCUT2D eigenvalue weighted by Crippen LogP contribution is -2.29. The van der Waals surface area contributed by atoms with Crippen LogP contribution in [0.4, 0.5) is 0 Å². The first-order valence-electron chi connectivity index (χ1n) is 21.9. The molecule has 3 N–H and O–H groups in total. The van der Waals surface area contributed by atoms with E-state index in [0.717, 1.165) is 77.0 Å². The lowest BCUT2D eigenvalue weighted by molar-refractivity contribution is -0.161. The molecular formula is C46H79O10P. The lowest BCUT2D eigenvalue weighted by atomic mass is 10.1. The molecule has 10 nitrogen and oxygen atoms in total. The maximum Gasteiger partial charge on any atom is 0.472 e. The van der Waals surface area contributed by atoms with E-state index in [1.165, 1.54) is 51.4 Å². The van der Waals surface area contributed by atoms with Gasteiger partial charge in [-0.05, 0) is 83.5 Å². The molecule has 0 aliphatic rings. The van der Waals surface area contributed by atoms with Crippen LogP contribution in [-0.4, -0.2) is 65.7 Å². The zero-order valence-electron chi connectivity index (χ0n) is 35.5. The number of esters is 2. The Kier molecular flexibility index (Phi) is 39.7. The molecule has 328 valence electrons. The second-order valence-electron chi connectivity index (χ2n) is 14.3. The van der Waals surface area contributed by atoms with Gasteiger partial charge in [-0.3, -0.25) is 18.6 Å². The topological polar surface area (TPSA) is 149 Å². The van der Waals surface area contributed by atoms with Crippen LogP contribution in [-0.2, 0) is 32.7 Å². The summed E-state index contributed by atoms with van der Waals surface area (Å²) in [6.07, 6.45) is 47.2. The van der Waals surface area contributed by atoms with Gasteiger partial charge >= 0.3 is 19.8 Å². The van der Waals surface area contributed by atoms with Gasteiger partial charge in [0.2, 0.25) is 0 Å². The highest BCUT2D eigenvalue weighted by molar-refractivity contribution is 7.47. The molecule has 0 saturated carbocycles. The standard InChI is InChI=1S/C46H79O10P/c1-3-5-7-9-11-13-15-17-19-20-21-22-24-25-27-29-31-33-35-37-45(49)53-41-44(42-55-57(51,52)54-40-43(48)39-47)56-46(50)38-36-34-32-30-28-26-23-18-16-14-12-10-8-6-4-2/h5,7,11,13-14,16-17,19,21-22,25,27,43-44,47-48H,3-4,6,8-10,12,15,18,20,23-24,26,28-42H2,1-2H3,(H,51,52)/b7-5+,13-11+,16-14+,19-17+,22-21+,27-25+/t43-,44+/m0/s1. The number of hydrogen-bond donors (Lipinski definition) is 3. The van der Waals surface area contributed by atoms with Crippen LogP contribution in [0.3, 0.4) is 0 Å². The van der Waals surface area contributed by atoms with Crippen molar-refractivity contribution in [2.24, 2.45) is 0 Å². The average molecular weight is 823 g/mol. The Hall–Kier alpha value is -2.59. The number of carbonyl (C=O) groups is 2. The zero-order chi connectivity index (χ0) is 41.9. The lowest BCUT2D eigenvalue weighted by Gasteiger charge is -2.20. The molecule has 0 rings (SSSR count). The fourth-order valence-corrected chi connectivity index (χ4v) is 6.27. The Morgan fingerprint density at radius 3 is 1.49 bits per heavy atom. The number of unbranched alkanes of at least 4 members (excludes halogenated alkanes) is 14. The highest BCUT2D eigenvalue weighted by Gasteiger charge is 2.27. The van der Waals surface area contributed by atoms with Gasteiger partial charge in [-0.25, -0.2) is 4.57 Å². The summed E-state index contributed by atoms with van der Waals surface area (Å²) in [4.78, 5) is 35.0. The van der Waals surface area contributed by atoms with Crippen molar-refractivity contribution in [3.05, 3.63) is 72.9 Å². The second kappa shape index (κ2) is 41.6. The number of rotatable bonds is 40. The number of allylic oxidation sites excluding steroid dienone is 12. The fourth-order valence-electron chi connectivity index (χ4n) is 5.48. The molecule has 0 aliphatic carbocycles. The molecule has 1 unspecified atom stereocenters. The molecule has 0 aromatic rings. The van der Waals surface area contributed by atoms with Gasteiger partial charge in [0, 0.05) is 12.8 Å². The van der Waals surface area contributed by atoms with Crippen LogP contribution in [0.25, 0.3) is 0 Å². The van der Waals surface area contributed by atoms with E-state index in [9.17, 15) is 24.2 Å². The van der Waals surface area contributed by atoms with Crippen LogP contribution in [0.2, 0.25) is 0 Å². The molecule has 0 aliphatic heterocycles. The van der Waals surface area contributed by atoms with Gasteiger partial charge in [-0.2, -0.15) is 0 Å². The van der Waals surface area contributed by atoms with Crippen LogP contribution < -0.4 is 0 Å². The summed E-state index contributed by atoms with van der Waals surface area (Å²) in [5.74, 6) is -0.973. The smallest absolute Gasteiger partial charge is 0.462 e. The maximum atomic E-state index is 12.6. The van der Waals surface area contributed by atoms with Gasteiger partial charge in [0.05, 0.1) is 19.8 Å². The van der Waals surface area contributed by atoms with E-state index in [1.807, 2.05) is 0 Å². The largest absolute Gasteiger partial charge is 0.472 e. The van der Waals surface area contributed by atoms with Crippen LogP contribution in [0.15, 0.2) is 72.9 Å². The molecule has 0 aromatic heterocycles. The van der Waals surface area contributed by atoms with E-state index >= 15 is 0 Å². The van der Waals surface area contributed by atoms with Gasteiger partial charge in [-0.1, -0.05) is 145 Å². The molecule has 0 bridgehead atoms. The second-order valence-corrected chi connectivity index (χ2v) is 15.8. The van der Waals surface area contributed by atoms with Crippen molar-refractivity contribution >= 4 is 19.8 Å². The minimum Gasteiger partial charge on any atom is -0.462 e. The third kappa shape index (κ3) is 41.4. The van der Waals surface area contributed by atoms with Gasteiger partial charge < -0.3 is 24.6 Å². The van der Waals surface area contributed by atoms with E-state index in [0.29, 0.717) is 12.8 Å². The molecule has 0 aromatic carbocycles. The summed E-state index contributed by atoms with van der Waals surface area (Å²) >= 11 is 0. The average Bonchev–Trinajstić information content (AvgIpc) is 3.20. The monoisotopic (exact) mass is 823 g/mol. The summed E-state index contributed by atoms with van der Waals surface area (Å²) in [5.41, 5.74) is 0. The first kappa shape index (κ1) is 54.4. The van der Waals surface area contributed by atoms with E-state index in [-0.39, 0.29) is 19.4 Å². The van der Waals surface area contributed by atoms with Crippen LogP contribution >= 0.6 is 7.82 Å². The van der Waals surface area contributed by atoms with Crippen molar-refractivity contribution in [2.75, 3.05) is 26.4 Å². The predicted molar refractivity (Wildman–Crippen MR) is 233 cm³/mol. The molecule has 0 fully saturated rings. The summed E-state index contributed by atoms with van der Waals surface area (Å²) < 4.78 is 32.7. The highest BCUT2D eigenvalue weighted by atomic mass is 31.2. The van der Waals surface area contributed by atoms with E-state index in [2.05, 4.69) is 91.3 Å². The Morgan fingerprint density at radius 1 is 0.544 bits per heavy atom. The van der Waals surface area contributed by atoms with Crippen molar-refractivity contribution in [2.45, 2.75) is 180 Å². The van der Waals surface area contributed by atoms with Crippen molar-refractivity contribution in [1.82, 2.24) is 0 Å². The van der Waals surface area contributed by atoms with E-state index < -0.39 is 51.8 Å². The maximum absolute atomic E-state index is 12.6. The first-order valence-corrected chi connectivity index (χ1v) is 23.4. The Labute approximate surface area is 346 Å². The molecule has 3 atom stereocenters. The fraction of sp³-hybridized carbons (Fsp3) is 0.696. The number of aliphatic hydroxyl groups excluding tert-OH is 2. The molecular weight excluding hydrogens is 743 g/mol. The van der Waals surface area contributed by atoms with Crippen molar-refractivity contribution < 1.29 is 47.8 Å². The van der Waals surface area contributed by atoms with Crippen molar-refractivity contribution in [3.8, 4) is 0 Å². The summed E-state index contributed by atoms with van der Waals surface area (Å²) in [5, 5.41) is 18.3. The number of phosphoric acid groups is 1. The Balaban J connectivity index is 4.37. The van der Waals surface area contributed by atoms with E-state index in [4.69, 9.17) is 19.1 Å². The molecule has 0 amide bonds. The number of phosphoric ester groups is 1. The minimum absolute atomic E-state index is 0.168. The summed E-state index contributed by atoms with van der Waals surface area (Å²) in [7, 11) is -4.63. The normalized spacial score (nSPS) is 14.5. The van der Waals surface area contributed by atoms with Crippen LogP contribution in [0.1, 0.15) is 168 Å². The SMILES string of the molecule is CC/C=C/C/C=C/C/C=C/C/C=C/C/C=C/CCCCCC(=O)OC[C@H](COP(=O)(O)OC[C@@H](O)CO)OC(=O)CCCCCCCCC/C=C/CCCCCC. The molecule has 0 radical (unpaired) electrons. The molecule has 57 heavy (non-hydrogen) atoms. The third-order valence-corrected chi connectivity index (χ3v) is 9.80. The quantitative estimate of drug-likeness (QED) is 0.0236. The van der Waals surface area contributed by atoms with Crippen LogP contribution in [0.5, 0.6) is 0 Å². The Morgan fingerprint density at radius 2 is 0.965 bits per heavy atom. The third-order valence-electron chi connectivity index (χ3n) is 8.84. The van der Waals surface area contributed by atoms with Gasteiger partial charge in [0.15, 0.2) is 6.10 Å². The van der Waals surface area contributed by atoms with E-state index in [1.54, 1.807) is 0 Å². The van der Waals surface area contributed by atoms with Gasteiger partial charge in [0.1, 0.15) is 12.7 Å². The number of ether oxygens (including phenoxy) is 2.